The van der Waals surface area contributed by atoms with Crippen LogP contribution in [0, 0.1) is 11.3 Å². The molecule has 0 radical (unpaired) electrons. The van der Waals surface area contributed by atoms with Crippen LogP contribution < -0.4 is 0 Å². The zero-order valence-electron chi connectivity index (χ0n) is 12.2. The first-order valence-corrected chi connectivity index (χ1v) is 6.43. The minimum Gasteiger partial charge on any atom is -0.444 e. The number of hydrogen-bond donors (Lipinski definition) is 0. The van der Waals surface area contributed by atoms with E-state index in [0.29, 0.717) is 18.7 Å². The second-order valence-corrected chi connectivity index (χ2v) is 5.46. The lowest BCUT2D eigenvalue weighted by molar-refractivity contribution is 0.0256. The molecule has 0 unspecified atom stereocenters. The number of nitrogens with zero attached hydrogens (tertiary/aromatic N) is 2. The minimum atomic E-state index is -0.537. The topological polar surface area (TPSA) is 53.3 Å². The highest BCUT2D eigenvalue weighted by Gasteiger charge is 2.21. The molecule has 0 bridgehead atoms. The van der Waals surface area contributed by atoms with Gasteiger partial charge in [-0.25, -0.2) is 4.79 Å². The Kier molecular flexibility index (Phi) is 5.33. The molecule has 1 aromatic rings. The normalized spacial score (nSPS) is 10.5. The Morgan fingerprint density at radius 3 is 2.75 bits per heavy atom. The van der Waals surface area contributed by atoms with E-state index in [9.17, 15) is 4.79 Å². The highest BCUT2D eigenvalue weighted by atomic mass is 16.6. The Balaban J connectivity index is 2.83. The van der Waals surface area contributed by atoms with Gasteiger partial charge in [0.25, 0.3) is 0 Å². The van der Waals surface area contributed by atoms with Gasteiger partial charge >= 0.3 is 6.09 Å². The van der Waals surface area contributed by atoms with Gasteiger partial charge in [0.15, 0.2) is 0 Å². The molecule has 0 aromatic heterocycles. The first-order valence-electron chi connectivity index (χ1n) is 6.43. The summed E-state index contributed by atoms with van der Waals surface area (Å²) in [6.07, 6.45) is 1.26. The fraction of sp³-hybridized carbons (Fsp3) is 0.375. The maximum Gasteiger partial charge on any atom is 0.410 e. The zero-order valence-corrected chi connectivity index (χ0v) is 12.2. The molecule has 0 aliphatic rings. The van der Waals surface area contributed by atoms with Crippen molar-refractivity contribution >= 4 is 6.09 Å². The Labute approximate surface area is 120 Å². The summed E-state index contributed by atoms with van der Waals surface area (Å²) >= 11 is 0. The number of amides is 1. The fourth-order valence-corrected chi connectivity index (χ4v) is 1.65. The standard InChI is InChI=1S/C16H20N2O2/c1-5-9-18(15(19)20-16(2,3)4)12-14-8-6-7-13(10-14)11-17/h5-8,10H,1,9,12H2,2-4H3. The van der Waals surface area contributed by atoms with Crippen molar-refractivity contribution in [1.82, 2.24) is 4.90 Å². The Morgan fingerprint density at radius 2 is 2.20 bits per heavy atom. The van der Waals surface area contributed by atoms with Crippen molar-refractivity contribution in [3.05, 3.63) is 48.0 Å². The van der Waals surface area contributed by atoms with Gasteiger partial charge in [-0.1, -0.05) is 18.2 Å². The maximum absolute atomic E-state index is 12.1. The molecule has 0 saturated heterocycles. The third-order valence-corrected chi connectivity index (χ3v) is 2.43. The van der Waals surface area contributed by atoms with Crippen molar-refractivity contribution in [2.45, 2.75) is 32.9 Å². The van der Waals surface area contributed by atoms with Gasteiger partial charge in [-0.05, 0) is 38.5 Å². The molecule has 0 spiro atoms. The smallest absolute Gasteiger partial charge is 0.410 e. The number of ether oxygens (including phenoxy) is 1. The first kappa shape index (κ1) is 15.8. The summed E-state index contributed by atoms with van der Waals surface area (Å²) in [7, 11) is 0. The van der Waals surface area contributed by atoms with E-state index in [-0.39, 0.29) is 6.09 Å². The number of benzene rings is 1. The molecule has 106 valence electrons. The average Bonchev–Trinajstić information content (AvgIpc) is 2.36. The molecule has 4 heteroatoms. The monoisotopic (exact) mass is 272 g/mol. The highest BCUT2D eigenvalue weighted by Crippen LogP contribution is 2.13. The molecular formula is C16H20N2O2. The van der Waals surface area contributed by atoms with Crippen LogP contribution in [0.1, 0.15) is 31.9 Å². The summed E-state index contributed by atoms with van der Waals surface area (Å²) in [6.45, 7) is 9.91. The molecule has 0 saturated carbocycles. The molecule has 1 aromatic carbocycles. The molecule has 0 N–H and O–H groups in total. The predicted molar refractivity (Wildman–Crippen MR) is 78.0 cm³/mol. The summed E-state index contributed by atoms with van der Waals surface area (Å²) in [5.41, 5.74) is 0.923. The predicted octanol–water partition coefficient (Wildman–Crippen LogP) is 3.48. The summed E-state index contributed by atoms with van der Waals surface area (Å²) in [4.78, 5) is 13.6. The van der Waals surface area contributed by atoms with E-state index in [4.69, 9.17) is 10.00 Å². The zero-order chi connectivity index (χ0) is 15.2. The van der Waals surface area contributed by atoms with Crippen molar-refractivity contribution in [3.63, 3.8) is 0 Å². The molecule has 0 atom stereocenters. The molecule has 4 nitrogen and oxygen atoms in total. The van der Waals surface area contributed by atoms with Crippen LogP contribution >= 0.6 is 0 Å². The minimum absolute atomic E-state index is 0.385. The second kappa shape index (κ2) is 6.76. The third kappa shape index (κ3) is 5.15. The molecule has 20 heavy (non-hydrogen) atoms. The fourth-order valence-electron chi connectivity index (χ4n) is 1.65. The van der Waals surface area contributed by atoms with E-state index in [1.165, 1.54) is 0 Å². The number of hydrogen-bond acceptors (Lipinski definition) is 3. The van der Waals surface area contributed by atoms with E-state index >= 15 is 0 Å². The van der Waals surface area contributed by atoms with Gasteiger partial charge in [0.1, 0.15) is 5.60 Å². The van der Waals surface area contributed by atoms with Crippen LogP contribution in [0.2, 0.25) is 0 Å². The van der Waals surface area contributed by atoms with E-state index in [2.05, 4.69) is 12.6 Å². The molecule has 1 rings (SSSR count). The SMILES string of the molecule is C=CCN(Cc1cccc(C#N)c1)C(=O)OC(C)(C)C. The van der Waals surface area contributed by atoms with Crippen molar-refractivity contribution in [2.75, 3.05) is 6.54 Å². The van der Waals surface area contributed by atoms with E-state index in [1.54, 1.807) is 29.2 Å². The third-order valence-electron chi connectivity index (χ3n) is 2.43. The van der Waals surface area contributed by atoms with Crippen LogP contribution in [0.25, 0.3) is 0 Å². The van der Waals surface area contributed by atoms with Gasteiger partial charge in [0.05, 0.1) is 11.6 Å². The van der Waals surface area contributed by atoms with Crippen molar-refractivity contribution in [1.29, 1.82) is 5.26 Å². The van der Waals surface area contributed by atoms with Crippen LogP contribution in [0.15, 0.2) is 36.9 Å². The Bertz CT molecular complexity index is 524. The molecule has 0 aliphatic heterocycles. The van der Waals surface area contributed by atoms with Crippen molar-refractivity contribution < 1.29 is 9.53 Å². The second-order valence-electron chi connectivity index (χ2n) is 5.46. The molecular weight excluding hydrogens is 252 g/mol. The molecule has 0 aliphatic carbocycles. The number of nitriles is 1. The van der Waals surface area contributed by atoms with Crippen LogP contribution in [-0.4, -0.2) is 23.1 Å². The summed E-state index contributed by atoms with van der Waals surface area (Å²) < 4.78 is 5.36. The molecule has 0 heterocycles. The van der Waals surface area contributed by atoms with Crippen molar-refractivity contribution in [2.24, 2.45) is 0 Å². The Morgan fingerprint density at radius 1 is 1.50 bits per heavy atom. The van der Waals surface area contributed by atoms with Gasteiger partial charge in [-0.15, -0.1) is 6.58 Å². The van der Waals surface area contributed by atoms with Crippen LogP contribution in [0.5, 0.6) is 0 Å². The quantitative estimate of drug-likeness (QED) is 0.788. The molecule has 1 amide bonds. The van der Waals surface area contributed by atoms with E-state index in [0.717, 1.165) is 5.56 Å². The number of rotatable bonds is 4. The lowest BCUT2D eigenvalue weighted by Gasteiger charge is -2.26. The van der Waals surface area contributed by atoms with E-state index < -0.39 is 5.60 Å². The molecule has 0 fully saturated rings. The highest BCUT2D eigenvalue weighted by molar-refractivity contribution is 5.68. The lowest BCUT2D eigenvalue weighted by atomic mass is 10.1. The van der Waals surface area contributed by atoms with Crippen LogP contribution in [0.4, 0.5) is 4.79 Å². The van der Waals surface area contributed by atoms with Gasteiger partial charge in [-0.3, -0.25) is 0 Å². The van der Waals surface area contributed by atoms with Gasteiger partial charge in [0.2, 0.25) is 0 Å². The van der Waals surface area contributed by atoms with Gasteiger partial charge in [-0.2, -0.15) is 5.26 Å². The van der Waals surface area contributed by atoms with Gasteiger partial charge in [0, 0.05) is 13.1 Å². The lowest BCUT2D eigenvalue weighted by Crippen LogP contribution is -2.36. The first-order chi connectivity index (χ1) is 9.35. The van der Waals surface area contributed by atoms with Gasteiger partial charge < -0.3 is 9.64 Å². The van der Waals surface area contributed by atoms with E-state index in [1.807, 2.05) is 26.8 Å². The average molecular weight is 272 g/mol. The number of carbonyl (C=O) groups excluding carboxylic acids is 1. The number of carbonyl (C=O) groups is 1. The summed E-state index contributed by atoms with van der Waals surface area (Å²) in [5, 5.41) is 8.89. The van der Waals surface area contributed by atoms with Crippen LogP contribution in [0.3, 0.4) is 0 Å². The van der Waals surface area contributed by atoms with Crippen molar-refractivity contribution in [3.8, 4) is 6.07 Å². The summed E-state index contributed by atoms with van der Waals surface area (Å²) in [6, 6.07) is 9.26. The largest absolute Gasteiger partial charge is 0.444 e. The maximum atomic E-state index is 12.1. The van der Waals surface area contributed by atoms with Crippen LogP contribution in [-0.2, 0) is 11.3 Å². The Hall–Kier alpha value is -2.28. The summed E-state index contributed by atoms with van der Waals surface area (Å²) in [5.74, 6) is 0.